The second-order valence-corrected chi connectivity index (χ2v) is 3.50. The van der Waals surface area contributed by atoms with Gasteiger partial charge in [0.25, 0.3) is 5.56 Å². The van der Waals surface area contributed by atoms with E-state index in [-0.39, 0.29) is 5.56 Å². The number of nitrogens with one attached hydrogen (secondary N) is 1. The van der Waals surface area contributed by atoms with Crippen molar-refractivity contribution >= 4 is 11.8 Å². The molecule has 76 valence electrons. The van der Waals surface area contributed by atoms with Gasteiger partial charge in [-0.2, -0.15) is 5.10 Å². The van der Waals surface area contributed by atoms with Crippen molar-refractivity contribution in [3.05, 3.63) is 34.9 Å². The Kier molecular flexibility index (Phi) is 2.77. The number of hydrogen-bond donors (Lipinski definition) is 1. The molecule has 0 aliphatic rings. The molecule has 0 spiro atoms. The molecule has 2 aromatic heterocycles. The Hall–Kier alpha value is -1.69. The van der Waals surface area contributed by atoms with Crippen LogP contribution in [0.5, 0.6) is 0 Å². The number of thioether (sulfide) groups is 1. The first-order chi connectivity index (χ1) is 7.31. The molecule has 2 aromatic rings. The Morgan fingerprint density at radius 1 is 1.33 bits per heavy atom. The highest BCUT2D eigenvalue weighted by Crippen LogP contribution is 2.14. The van der Waals surface area contributed by atoms with E-state index in [0.717, 1.165) is 0 Å². The van der Waals surface area contributed by atoms with E-state index in [1.165, 1.54) is 18.0 Å². The Bertz CT molecular complexity index is 525. The highest BCUT2D eigenvalue weighted by atomic mass is 32.2. The normalized spacial score (nSPS) is 10.2. The van der Waals surface area contributed by atoms with Gasteiger partial charge in [-0.1, -0.05) is 11.8 Å². The molecule has 2 rings (SSSR count). The molecule has 0 saturated heterocycles. The maximum absolute atomic E-state index is 11.4. The summed E-state index contributed by atoms with van der Waals surface area (Å²) < 4.78 is 0. The molecule has 0 amide bonds. The fourth-order valence-electron chi connectivity index (χ4n) is 1.13. The van der Waals surface area contributed by atoms with Gasteiger partial charge in [-0.3, -0.25) is 4.79 Å². The summed E-state index contributed by atoms with van der Waals surface area (Å²) in [7, 11) is 0. The van der Waals surface area contributed by atoms with Gasteiger partial charge >= 0.3 is 0 Å². The number of hydrogen-bond acceptors (Lipinski definition) is 5. The molecule has 0 atom stereocenters. The van der Waals surface area contributed by atoms with Crippen LogP contribution in [0.3, 0.4) is 0 Å². The van der Waals surface area contributed by atoms with E-state index in [9.17, 15) is 4.79 Å². The highest BCUT2D eigenvalue weighted by molar-refractivity contribution is 7.98. The monoisotopic (exact) mass is 220 g/mol. The first-order valence-corrected chi connectivity index (χ1v) is 5.45. The lowest BCUT2D eigenvalue weighted by Crippen LogP contribution is -2.10. The lowest BCUT2D eigenvalue weighted by atomic mass is 10.2. The van der Waals surface area contributed by atoms with Crippen molar-refractivity contribution in [3.8, 4) is 11.3 Å². The van der Waals surface area contributed by atoms with E-state index < -0.39 is 0 Å². The first kappa shape index (κ1) is 9.85. The number of H-pyrrole nitrogens is 1. The number of rotatable bonds is 2. The fourth-order valence-corrected chi connectivity index (χ4v) is 1.49. The average Bonchev–Trinajstić information content (AvgIpc) is 2.30. The van der Waals surface area contributed by atoms with Crippen molar-refractivity contribution in [2.45, 2.75) is 5.16 Å². The predicted octanol–water partition coefficient (Wildman–Crippen LogP) is 0.949. The maximum atomic E-state index is 11.4. The average molecular weight is 220 g/mol. The zero-order valence-electron chi connectivity index (χ0n) is 7.97. The molecule has 0 unspecified atom stereocenters. The van der Waals surface area contributed by atoms with Crippen molar-refractivity contribution in [2.75, 3.05) is 6.26 Å². The van der Waals surface area contributed by atoms with E-state index >= 15 is 0 Å². The molecule has 0 radical (unpaired) electrons. The topological polar surface area (TPSA) is 71.5 Å². The molecular weight excluding hydrogens is 212 g/mol. The molecule has 5 nitrogen and oxygen atoms in total. The number of aromatic nitrogens is 4. The van der Waals surface area contributed by atoms with E-state index in [1.807, 2.05) is 6.26 Å². The summed E-state index contributed by atoms with van der Waals surface area (Å²) in [5.41, 5.74) is 0.865. The Morgan fingerprint density at radius 3 is 2.93 bits per heavy atom. The highest BCUT2D eigenvalue weighted by Gasteiger charge is 2.05. The van der Waals surface area contributed by atoms with Crippen molar-refractivity contribution in [3.63, 3.8) is 0 Å². The van der Waals surface area contributed by atoms with Crippen LogP contribution in [0.15, 0.2) is 34.5 Å². The van der Waals surface area contributed by atoms with Gasteiger partial charge in [-0.15, -0.1) is 0 Å². The van der Waals surface area contributed by atoms with Crippen LogP contribution >= 0.6 is 11.8 Å². The molecule has 15 heavy (non-hydrogen) atoms. The van der Waals surface area contributed by atoms with Crippen LogP contribution < -0.4 is 5.56 Å². The van der Waals surface area contributed by atoms with Gasteiger partial charge in [-0.05, 0) is 18.4 Å². The molecule has 0 aliphatic heterocycles. The molecule has 1 N–H and O–H groups in total. The first-order valence-electron chi connectivity index (χ1n) is 4.22. The molecular formula is C9H8N4OS. The lowest BCUT2D eigenvalue weighted by Gasteiger charge is -1.99. The minimum atomic E-state index is -0.247. The summed E-state index contributed by atoms with van der Waals surface area (Å²) >= 11 is 1.43. The molecule has 6 heteroatoms. The predicted molar refractivity (Wildman–Crippen MR) is 57.7 cm³/mol. The second-order valence-electron chi connectivity index (χ2n) is 2.73. The summed E-state index contributed by atoms with van der Waals surface area (Å²) in [6, 6.07) is 3.33. The van der Waals surface area contributed by atoms with Crippen LogP contribution in [0.4, 0.5) is 0 Å². The quantitative estimate of drug-likeness (QED) is 0.602. The standard InChI is InChI=1S/C9H8N4OS/c1-15-9-10-4-3-7(12-9)6-2-5-11-13-8(6)14/h2-5H,1H3,(H,13,14). The summed E-state index contributed by atoms with van der Waals surface area (Å²) in [6.45, 7) is 0. The zero-order chi connectivity index (χ0) is 10.7. The van der Waals surface area contributed by atoms with Crippen molar-refractivity contribution in [2.24, 2.45) is 0 Å². The zero-order valence-corrected chi connectivity index (χ0v) is 8.78. The fraction of sp³-hybridized carbons (Fsp3) is 0.111. The summed E-state index contributed by atoms with van der Waals surface area (Å²) in [5, 5.41) is 6.63. The molecule has 0 fully saturated rings. The maximum Gasteiger partial charge on any atom is 0.273 e. The molecule has 0 aliphatic carbocycles. The van der Waals surface area contributed by atoms with Gasteiger partial charge in [0.1, 0.15) is 0 Å². The summed E-state index contributed by atoms with van der Waals surface area (Å²) in [6.07, 6.45) is 5.04. The molecule has 0 aromatic carbocycles. The largest absolute Gasteiger partial charge is 0.273 e. The summed E-state index contributed by atoms with van der Waals surface area (Å²) in [5.74, 6) is 0. The van der Waals surface area contributed by atoms with Crippen molar-refractivity contribution in [1.29, 1.82) is 0 Å². The SMILES string of the molecule is CSc1nccc(-c2ccn[nH]c2=O)n1. The van der Waals surface area contributed by atoms with Gasteiger partial charge in [0.05, 0.1) is 11.3 Å². The number of nitrogens with zero attached hydrogens (tertiary/aromatic N) is 3. The smallest absolute Gasteiger partial charge is 0.267 e. The van der Waals surface area contributed by atoms with E-state index in [2.05, 4.69) is 20.2 Å². The minimum absolute atomic E-state index is 0.247. The Labute approximate surface area is 90.0 Å². The molecule has 2 heterocycles. The van der Waals surface area contributed by atoms with Crippen molar-refractivity contribution in [1.82, 2.24) is 20.2 Å². The lowest BCUT2D eigenvalue weighted by molar-refractivity contribution is 0.956. The third kappa shape index (κ3) is 2.04. The Morgan fingerprint density at radius 2 is 2.20 bits per heavy atom. The Balaban J connectivity index is 2.54. The van der Waals surface area contributed by atoms with Gasteiger partial charge in [0.15, 0.2) is 5.16 Å². The number of aromatic amines is 1. The third-order valence-electron chi connectivity index (χ3n) is 1.82. The molecule has 0 saturated carbocycles. The van der Waals surface area contributed by atoms with Crippen LogP contribution in [0.2, 0.25) is 0 Å². The van der Waals surface area contributed by atoms with Crippen LogP contribution in [0.1, 0.15) is 0 Å². The van der Waals surface area contributed by atoms with Gasteiger partial charge in [-0.25, -0.2) is 15.1 Å². The van der Waals surface area contributed by atoms with E-state index in [4.69, 9.17) is 0 Å². The van der Waals surface area contributed by atoms with Crippen LogP contribution in [-0.2, 0) is 0 Å². The second kappa shape index (κ2) is 4.22. The van der Waals surface area contributed by atoms with Crippen LogP contribution in [0, 0.1) is 0 Å². The van der Waals surface area contributed by atoms with Gasteiger partial charge in [0.2, 0.25) is 0 Å². The third-order valence-corrected chi connectivity index (χ3v) is 2.38. The van der Waals surface area contributed by atoms with Crippen molar-refractivity contribution < 1.29 is 0 Å². The molecule has 0 bridgehead atoms. The van der Waals surface area contributed by atoms with Gasteiger partial charge < -0.3 is 0 Å². The van der Waals surface area contributed by atoms with Crippen LogP contribution in [0.25, 0.3) is 11.3 Å². The summed E-state index contributed by atoms with van der Waals surface area (Å²) in [4.78, 5) is 19.7. The van der Waals surface area contributed by atoms with E-state index in [0.29, 0.717) is 16.4 Å². The van der Waals surface area contributed by atoms with Crippen LogP contribution in [-0.4, -0.2) is 26.4 Å². The van der Waals surface area contributed by atoms with E-state index in [1.54, 1.807) is 18.3 Å². The van der Waals surface area contributed by atoms with Gasteiger partial charge in [0, 0.05) is 12.4 Å². The minimum Gasteiger partial charge on any atom is -0.267 e.